The van der Waals surface area contributed by atoms with Gasteiger partial charge in [-0.05, 0) is 42.3 Å². The molecule has 3 N–H and O–H groups in total. The van der Waals surface area contributed by atoms with Gasteiger partial charge in [-0.2, -0.15) is 0 Å². The van der Waals surface area contributed by atoms with Crippen molar-refractivity contribution in [3.63, 3.8) is 0 Å². The predicted molar refractivity (Wildman–Crippen MR) is 94.3 cm³/mol. The van der Waals surface area contributed by atoms with Crippen molar-refractivity contribution in [2.75, 3.05) is 18.5 Å². The van der Waals surface area contributed by atoms with E-state index in [0.29, 0.717) is 18.6 Å². The molecule has 0 fully saturated rings. The first-order valence-corrected chi connectivity index (χ1v) is 7.95. The molecule has 0 saturated heterocycles. The molecule has 24 heavy (non-hydrogen) atoms. The smallest absolute Gasteiger partial charge is 0.224 e. The predicted octanol–water partition coefficient (Wildman–Crippen LogP) is 3.11. The van der Waals surface area contributed by atoms with E-state index in [0.717, 1.165) is 22.2 Å². The molecule has 3 aromatic rings. The second kappa shape index (κ2) is 7.66. The average molecular weight is 324 g/mol. The van der Waals surface area contributed by atoms with Crippen molar-refractivity contribution in [2.45, 2.75) is 12.8 Å². The number of ether oxygens (including phenoxy) is 1. The van der Waals surface area contributed by atoms with Crippen LogP contribution < -0.4 is 10.1 Å². The van der Waals surface area contributed by atoms with E-state index in [1.54, 1.807) is 24.3 Å². The minimum atomic E-state index is -0.0238. The van der Waals surface area contributed by atoms with Gasteiger partial charge in [0.1, 0.15) is 12.4 Å². The van der Waals surface area contributed by atoms with Gasteiger partial charge in [0.15, 0.2) is 0 Å². The van der Waals surface area contributed by atoms with Crippen LogP contribution in [0.2, 0.25) is 0 Å². The van der Waals surface area contributed by atoms with Crippen molar-refractivity contribution >= 4 is 22.5 Å². The molecule has 0 saturated carbocycles. The third kappa shape index (κ3) is 3.94. The highest BCUT2D eigenvalue weighted by Gasteiger charge is 2.07. The molecule has 2 aromatic carbocycles. The molecule has 0 aliphatic heterocycles. The number of hydrogen-bond donors (Lipinski definition) is 3. The number of benzene rings is 2. The van der Waals surface area contributed by atoms with Crippen LogP contribution in [0.15, 0.2) is 54.7 Å². The van der Waals surface area contributed by atoms with E-state index < -0.39 is 0 Å². The number of carbonyl (C=O) groups excluding carboxylic acids is 1. The van der Waals surface area contributed by atoms with Gasteiger partial charge in [-0.15, -0.1) is 0 Å². The van der Waals surface area contributed by atoms with Crippen molar-refractivity contribution in [1.29, 1.82) is 0 Å². The summed E-state index contributed by atoms with van der Waals surface area (Å²) in [6.45, 7) is 0.239. The zero-order valence-electron chi connectivity index (χ0n) is 13.3. The van der Waals surface area contributed by atoms with Crippen molar-refractivity contribution in [2.24, 2.45) is 0 Å². The lowest BCUT2D eigenvalue weighted by molar-refractivity contribution is -0.116. The average Bonchev–Trinajstić information content (AvgIpc) is 3.03. The zero-order valence-corrected chi connectivity index (χ0v) is 13.3. The van der Waals surface area contributed by atoms with Crippen molar-refractivity contribution in [3.05, 3.63) is 60.3 Å². The summed E-state index contributed by atoms with van der Waals surface area (Å²) in [4.78, 5) is 15.3. The molecule has 0 aliphatic carbocycles. The number of aromatic nitrogens is 1. The fourth-order valence-electron chi connectivity index (χ4n) is 2.61. The summed E-state index contributed by atoms with van der Waals surface area (Å²) < 4.78 is 5.29. The zero-order chi connectivity index (χ0) is 16.8. The van der Waals surface area contributed by atoms with Gasteiger partial charge in [-0.25, -0.2) is 0 Å². The lowest BCUT2D eigenvalue weighted by Gasteiger charge is -2.07. The van der Waals surface area contributed by atoms with Gasteiger partial charge < -0.3 is 20.1 Å². The van der Waals surface area contributed by atoms with Gasteiger partial charge in [0, 0.05) is 29.2 Å². The SMILES string of the molecule is O=C(CCc1c[nH]c2ccccc12)Nc1ccc(OCCO)cc1. The van der Waals surface area contributed by atoms with Crippen molar-refractivity contribution in [1.82, 2.24) is 4.98 Å². The summed E-state index contributed by atoms with van der Waals surface area (Å²) >= 11 is 0. The molecular formula is C19H20N2O3. The summed E-state index contributed by atoms with van der Waals surface area (Å²) in [7, 11) is 0. The summed E-state index contributed by atoms with van der Waals surface area (Å²) in [5.41, 5.74) is 2.97. The first-order valence-electron chi connectivity index (χ1n) is 7.95. The monoisotopic (exact) mass is 324 g/mol. The van der Waals surface area contributed by atoms with Gasteiger partial charge in [0.25, 0.3) is 0 Å². The number of aryl methyl sites for hydroxylation is 1. The molecular weight excluding hydrogens is 304 g/mol. The van der Waals surface area contributed by atoms with Crippen LogP contribution in [0.3, 0.4) is 0 Å². The van der Waals surface area contributed by atoms with E-state index >= 15 is 0 Å². The summed E-state index contributed by atoms with van der Waals surface area (Å²) in [6.07, 6.45) is 3.07. The van der Waals surface area contributed by atoms with Crippen LogP contribution in [0.1, 0.15) is 12.0 Å². The molecule has 0 radical (unpaired) electrons. The molecule has 0 aliphatic rings. The van der Waals surface area contributed by atoms with E-state index in [2.05, 4.69) is 16.4 Å². The quantitative estimate of drug-likeness (QED) is 0.625. The molecule has 1 aromatic heterocycles. The fourth-order valence-corrected chi connectivity index (χ4v) is 2.61. The number of nitrogens with one attached hydrogen (secondary N) is 2. The fraction of sp³-hybridized carbons (Fsp3) is 0.211. The Kier molecular flexibility index (Phi) is 5.13. The van der Waals surface area contributed by atoms with Gasteiger partial charge in [-0.1, -0.05) is 18.2 Å². The minimum absolute atomic E-state index is 0.0215. The summed E-state index contributed by atoms with van der Waals surface area (Å²) in [5, 5.41) is 12.8. The first kappa shape index (κ1) is 16.1. The largest absolute Gasteiger partial charge is 0.491 e. The molecule has 5 heteroatoms. The van der Waals surface area contributed by atoms with E-state index in [9.17, 15) is 4.79 Å². The van der Waals surface area contributed by atoms with Crippen molar-refractivity contribution < 1.29 is 14.6 Å². The van der Waals surface area contributed by atoms with Crippen molar-refractivity contribution in [3.8, 4) is 5.75 Å². The molecule has 124 valence electrons. The van der Waals surface area contributed by atoms with E-state index in [1.165, 1.54) is 0 Å². The standard InChI is InChI=1S/C19H20N2O3/c22-11-12-24-16-8-6-15(7-9-16)21-19(23)10-5-14-13-20-18-4-2-1-3-17(14)18/h1-4,6-9,13,20,22H,5,10-12H2,(H,21,23). The number of fused-ring (bicyclic) bond motifs is 1. The van der Waals surface area contributed by atoms with Crippen LogP contribution in [0.25, 0.3) is 10.9 Å². The third-order valence-corrected chi connectivity index (χ3v) is 3.79. The molecule has 5 nitrogen and oxygen atoms in total. The number of aliphatic hydroxyl groups is 1. The van der Waals surface area contributed by atoms with Crippen LogP contribution in [-0.2, 0) is 11.2 Å². The van der Waals surface area contributed by atoms with E-state index in [4.69, 9.17) is 9.84 Å². The van der Waals surface area contributed by atoms with Gasteiger partial charge >= 0.3 is 0 Å². The molecule has 0 bridgehead atoms. The Morgan fingerprint density at radius 2 is 1.92 bits per heavy atom. The molecule has 0 atom stereocenters. The molecule has 1 heterocycles. The Hall–Kier alpha value is -2.79. The molecule has 1 amide bonds. The Morgan fingerprint density at radius 3 is 2.71 bits per heavy atom. The normalized spacial score (nSPS) is 10.7. The number of anilines is 1. The van der Waals surface area contributed by atoms with Gasteiger partial charge in [0.2, 0.25) is 5.91 Å². The number of aliphatic hydroxyl groups excluding tert-OH is 1. The highest BCUT2D eigenvalue weighted by Crippen LogP contribution is 2.20. The van der Waals surface area contributed by atoms with Crippen LogP contribution >= 0.6 is 0 Å². The Bertz CT molecular complexity index is 809. The van der Waals surface area contributed by atoms with E-state index in [-0.39, 0.29) is 19.1 Å². The molecule has 3 rings (SSSR count). The lowest BCUT2D eigenvalue weighted by atomic mass is 10.1. The second-order valence-electron chi connectivity index (χ2n) is 5.50. The molecule has 0 spiro atoms. The maximum absolute atomic E-state index is 12.1. The second-order valence-corrected chi connectivity index (χ2v) is 5.50. The van der Waals surface area contributed by atoms with Gasteiger partial charge in [-0.3, -0.25) is 4.79 Å². The number of hydrogen-bond acceptors (Lipinski definition) is 3. The van der Waals surface area contributed by atoms with Crippen LogP contribution in [-0.4, -0.2) is 29.2 Å². The number of para-hydroxylation sites is 1. The number of H-pyrrole nitrogens is 1. The molecule has 0 unspecified atom stereocenters. The Balaban J connectivity index is 1.54. The van der Waals surface area contributed by atoms with E-state index in [1.807, 2.05) is 24.4 Å². The van der Waals surface area contributed by atoms with Crippen LogP contribution in [0, 0.1) is 0 Å². The Labute approximate surface area is 140 Å². The number of carbonyl (C=O) groups is 1. The highest BCUT2D eigenvalue weighted by molar-refractivity contribution is 5.91. The number of aromatic amines is 1. The number of amides is 1. The van der Waals surface area contributed by atoms with Crippen LogP contribution in [0.5, 0.6) is 5.75 Å². The topological polar surface area (TPSA) is 74.4 Å². The first-order chi connectivity index (χ1) is 11.8. The van der Waals surface area contributed by atoms with Crippen LogP contribution in [0.4, 0.5) is 5.69 Å². The number of rotatable bonds is 7. The minimum Gasteiger partial charge on any atom is -0.491 e. The summed E-state index contributed by atoms with van der Waals surface area (Å²) in [6, 6.07) is 15.2. The van der Waals surface area contributed by atoms with Gasteiger partial charge in [0.05, 0.1) is 6.61 Å². The maximum Gasteiger partial charge on any atom is 0.224 e. The highest BCUT2D eigenvalue weighted by atomic mass is 16.5. The third-order valence-electron chi connectivity index (χ3n) is 3.79. The lowest BCUT2D eigenvalue weighted by Crippen LogP contribution is -2.12. The maximum atomic E-state index is 12.1. The Morgan fingerprint density at radius 1 is 1.12 bits per heavy atom. The summed E-state index contributed by atoms with van der Waals surface area (Å²) in [5.74, 6) is 0.644.